The molecule has 0 saturated carbocycles. The van der Waals surface area contributed by atoms with Gasteiger partial charge < -0.3 is 9.47 Å². The van der Waals surface area contributed by atoms with Gasteiger partial charge in [-0.05, 0) is 34.6 Å². The summed E-state index contributed by atoms with van der Waals surface area (Å²) < 4.78 is 37.7. The first-order chi connectivity index (χ1) is 9.30. The molecule has 1 saturated heterocycles. The number of amides is 1. The van der Waals surface area contributed by atoms with Gasteiger partial charge in [0.05, 0.1) is 31.6 Å². The molecule has 0 spiro atoms. The van der Waals surface area contributed by atoms with Crippen molar-refractivity contribution >= 4 is 16.2 Å². The molecular weight excluding hydrogens is 298 g/mol. The van der Waals surface area contributed by atoms with Gasteiger partial charge in [0.25, 0.3) is 10.1 Å². The second-order valence-electron chi connectivity index (χ2n) is 6.83. The maximum atomic E-state index is 12.3. The number of carbonyl (C=O) groups excluding carboxylic acids is 1. The van der Waals surface area contributed by atoms with Crippen molar-refractivity contribution in [3.05, 3.63) is 0 Å². The van der Waals surface area contributed by atoms with Crippen molar-refractivity contribution in [3.63, 3.8) is 0 Å². The fourth-order valence-corrected chi connectivity index (χ4v) is 2.24. The topological polar surface area (TPSA) is 82.1 Å². The van der Waals surface area contributed by atoms with Crippen molar-refractivity contribution in [2.75, 3.05) is 26.0 Å². The van der Waals surface area contributed by atoms with Crippen LogP contribution in [0.5, 0.6) is 0 Å². The number of morpholine rings is 1. The summed E-state index contributed by atoms with van der Waals surface area (Å²) in [6.07, 6.45) is 0.0335. The minimum atomic E-state index is -3.53. The number of ether oxygens (including phenoxy) is 2. The van der Waals surface area contributed by atoms with Crippen molar-refractivity contribution in [1.82, 2.24) is 4.90 Å². The molecule has 0 aromatic rings. The van der Waals surface area contributed by atoms with Crippen LogP contribution in [-0.2, 0) is 23.8 Å². The molecule has 21 heavy (non-hydrogen) atoms. The molecule has 0 radical (unpaired) electrons. The minimum absolute atomic E-state index is 0.117. The third kappa shape index (κ3) is 6.19. The van der Waals surface area contributed by atoms with Crippen LogP contribution in [0.15, 0.2) is 0 Å². The van der Waals surface area contributed by atoms with Crippen molar-refractivity contribution in [1.29, 1.82) is 0 Å². The van der Waals surface area contributed by atoms with Gasteiger partial charge in [0, 0.05) is 0 Å². The summed E-state index contributed by atoms with van der Waals surface area (Å²) in [5, 5.41) is 0. The molecule has 0 aromatic carbocycles. The predicted molar refractivity (Wildman–Crippen MR) is 77.6 cm³/mol. The molecular formula is C13H25NO6S. The van der Waals surface area contributed by atoms with E-state index in [4.69, 9.17) is 13.7 Å². The monoisotopic (exact) mass is 323 g/mol. The van der Waals surface area contributed by atoms with Gasteiger partial charge in [-0.1, -0.05) is 0 Å². The fourth-order valence-electron chi connectivity index (χ4n) is 1.84. The maximum Gasteiger partial charge on any atom is 0.410 e. The Morgan fingerprint density at radius 2 is 1.95 bits per heavy atom. The van der Waals surface area contributed by atoms with E-state index in [0.717, 1.165) is 6.26 Å². The smallest absolute Gasteiger partial charge is 0.410 e. The first-order valence-electron chi connectivity index (χ1n) is 6.77. The standard InChI is InChI=1S/C13H25NO6S/c1-12(2,3)20-11(15)14-7-10(8-19-21(6,16)17)18-9-13(14,4)5/h10H,7-9H2,1-6H3/t10-/m1/s1. The zero-order valence-electron chi connectivity index (χ0n) is 13.5. The van der Waals surface area contributed by atoms with Crippen LogP contribution < -0.4 is 0 Å². The normalized spacial score (nSPS) is 23.0. The second-order valence-corrected chi connectivity index (χ2v) is 8.47. The lowest BCUT2D eigenvalue weighted by Crippen LogP contribution is -2.60. The van der Waals surface area contributed by atoms with Gasteiger partial charge in [-0.2, -0.15) is 8.42 Å². The Hall–Kier alpha value is -0.860. The van der Waals surface area contributed by atoms with E-state index in [-0.39, 0.29) is 19.8 Å². The van der Waals surface area contributed by atoms with Crippen LogP contribution in [0.4, 0.5) is 4.79 Å². The van der Waals surface area contributed by atoms with Gasteiger partial charge in [-0.15, -0.1) is 0 Å². The van der Waals surface area contributed by atoms with Crippen LogP contribution >= 0.6 is 0 Å². The summed E-state index contributed by atoms with van der Waals surface area (Å²) in [5.41, 5.74) is -1.12. The van der Waals surface area contributed by atoms with Crippen LogP contribution in [0.25, 0.3) is 0 Å². The first-order valence-corrected chi connectivity index (χ1v) is 8.58. The van der Waals surface area contributed by atoms with Crippen LogP contribution in [0.3, 0.4) is 0 Å². The largest absolute Gasteiger partial charge is 0.444 e. The highest BCUT2D eigenvalue weighted by Gasteiger charge is 2.40. The molecule has 1 aliphatic rings. The van der Waals surface area contributed by atoms with Gasteiger partial charge in [0.2, 0.25) is 0 Å². The van der Waals surface area contributed by atoms with E-state index in [1.165, 1.54) is 0 Å². The van der Waals surface area contributed by atoms with E-state index in [9.17, 15) is 13.2 Å². The molecule has 124 valence electrons. The molecule has 1 rings (SSSR count). The maximum absolute atomic E-state index is 12.3. The molecule has 0 unspecified atom stereocenters. The predicted octanol–water partition coefficient (Wildman–Crippen LogP) is 1.38. The van der Waals surface area contributed by atoms with Crippen molar-refractivity contribution in [2.24, 2.45) is 0 Å². The number of rotatable bonds is 3. The summed E-state index contributed by atoms with van der Waals surface area (Å²) in [7, 11) is -3.53. The van der Waals surface area contributed by atoms with Gasteiger partial charge in [0.1, 0.15) is 11.7 Å². The summed E-state index contributed by atoms with van der Waals surface area (Å²) in [6, 6.07) is 0. The molecule has 8 heteroatoms. The van der Waals surface area contributed by atoms with E-state index in [1.54, 1.807) is 25.7 Å². The lowest BCUT2D eigenvalue weighted by atomic mass is 10.0. The second kappa shape index (κ2) is 6.10. The highest BCUT2D eigenvalue weighted by atomic mass is 32.2. The van der Waals surface area contributed by atoms with Crippen molar-refractivity contribution < 1.29 is 26.9 Å². The number of nitrogens with zero attached hydrogens (tertiary/aromatic N) is 1. The molecule has 0 N–H and O–H groups in total. The summed E-state index contributed by atoms with van der Waals surface area (Å²) in [4.78, 5) is 13.8. The molecule has 1 fully saturated rings. The molecule has 0 aromatic heterocycles. The highest BCUT2D eigenvalue weighted by molar-refractivity contribution is 7.85. The number of hydrogen-bond acceptors (Lipinski definition) is 6. The third-order valence-corrected chi connectivity index (χ3v) is 3.44. The van der Waals surface area contributed by atoms with E-state index in [0.29, 0.717) is 0 Å². The quantitative estimate of drug-likeness (QED) is 0.730. The van der Waals surface area contributed by atoms with Gasteiger partial charge >= 0.3 is 6.09 Å². The van der Waals surface area contributed by atoms with E-state index < -0.39 is 33.5 Å². The molecule has 0 bridgehead atoms. The van der Waals surface area contributed by atoms with Crippen LogP contribution in [-0.4, -0.2) is 62.7 Å². The summed E-state index contributed by atoms with van der Waals surface area (Å²) in [6.45, 7) is 9.50. The van der Waals surface area contributed by atoms with Gasteiger partial charge in [-0.25, -0.2) is 4.79 Å². The van der Waals surface area contributed by atoms with Crippen molar-refractivity contribution in [2.45, 2.75) is 51.9 Å². The first kappa shape index (κ1) is 18.2. The lowest BCUT2D eigenvalue weighted by Gasteiger charge is -2.45. The Bertz CT molecular complexity index is 479. The van der Waals surface area contributed by atoms with E-state index in [1.807, 2.05) is 13.8 Å². The molecule has 1 amide bonds. The van der Waals surface area contributed by atoms with E-state index >= 15 is 0 Å². The van der Waals surface area contributed by atoms with Gasteiger partial charge in [-0.3, -0.25) is 9.08 Å². The van der Waals surface area contributed by atoms with Crippen molar-refractivity contribution in [3.8, 4) is 0 Å². The average molecular weight is 323 g/mol. The Labute approximate surface area is 126 Å². The van der Waals surface area contributed by atoms with E-state index in [2.05, 4.69) is 0 Å². The lowest BCUT2D eigenvalue weighted by molar-refractivity contribution is -0.108. The number of carbonyl (C=O) groups is 1. The summed E-state index contributed by atoms with van der Waals surface area (Å²) in [5.74, 6) is 0. The molecule has 0 aliphatic carbocycles. The average Bonchev–Trinajstić information content (AvgIpc) is 2.23. The fraction of sp³-hybridized carbons (Fsp3) is 0.923. The van der Waals surface area contributed by atoms with Crippen LogP contribution in [0, 0.1) is 0 Å². The molecule has 1 aliphatic heterocycles. The van der Waals surface area contributed by atoms with Crippen LogP contribution in [0.2, 0.25) is 0 Å². The highest BCUT2D eigenvalue weighted by Crippen LogP contribution is 2.25. The minimum Gasteiger partial charge on any atom is -0.444 e. The van der Waals surface area contributed by atoms with Gasteiger partial charge in [0.15, 0.2) is 0 Å². The Morgan fingerprint density at radius 3 is 2.43 bits per heavy atom. The SMILES string of the molecule is CC(C)(C)OC(=O)N1C[C@H](COS(C)(=O)=O)OCC1(C)C. The molecule has 7 nitrogen and oxygen atoms in total. The zero-order chi connectivity index (χ0) is 16.5. The number of hydrogen-bond donors (Lipinski definition) is 0. The third-order valence-electron chi connectivity index (χ3n) is 2.87. The Kier molecular flexibility index (Phi) is 5.28. The molecule has 1 heterocycles. The Morgan fingerprint density at radius 1 is 1.38 bits per heavy atom. The Balaban J connectivity index is 2.73. The van der Waals surface area contributed by atoms with Crippen LogP contribution in [0.1, 0.15) is 34.6 Å². The summed E-state index contributed by atoms with van der Waals surface area (Å²) >= 11 is 0. The molecule has 1 atom stereocenters. The zero-order valence-corrected chi connectivity index (χ0v) is 14.3.